The zero-order chi connectivity index (χ0) is 20.7. The van der Waals surface area contributed by atoms with Gasteiger partial charge in [0.1, 0.15) is 6.54 Å². The van der Waals surface area contributed by atoms with Crippen LogP contribution in [0, 0.1) is 6.92 Å². The highest BCUT2D eigenvalue weighted by atomic mass is 16.2. The highest BCUT2D eigenvalue weighted by molar-refractivity contribution is 6.02. The van der Waals surface area contributed by atoms with Gasteiger partial charge in [-0.1, -0.05) is 25.1 Å². The Morgan fingerprint density at radius 3 is 2.25 bits per heavy atom. The lowest BCUT2D eigenvalue weighted by Gasteiger charge is -2.24. The van der Waals surface area contributed by atoms with E-state index in [0.29, 0.717) is 0 Å². The van der Waals surface area contributed by atoms with Crippen LogP contribution in [0.2, 0.25) is 0 Å². The van der Waals surface area contributed by atoms with Crippen LogP contribution in [0.25, 0.3) is 0 Å². The van der Waals surface area contributed by atoms with E-state index in [1.54, 1.807) is 0 Å². The SMILES string of the molecule is CCc1ccccc1N(CC(=O)Nc1ccc(N(CC)CC)cc1C)C(C)=O. The van der Waals surface area contributed by atoms with E-state index in [-0.39, 0.29) is 18.4 Å². The Bertz CT molecular complexity index is 828. The molecule has 2 rings (SSSR count). The zero-order valence-corrected chi connectivity index (χ0v) is 17.6. The minimum absolute atomic E-state index is 0.0103. The summed E-state index contributed by atoms with van der Waals surface area (Å²) in [5.74, 6) is -0.357. The second kappa shape index (κ2) is 9.93. The van der Waals surface area contributed by atoms with Crippen LogP contribution in [0.15, 0.2) is 42.5 Å². The van der Waals surface area contributed by atoms with Crippen LogP contribution in [-0.2, 0) is 16.0 Å². The largest absolute Gasteiger partial charge is 0.372 e. The first-order valence-corrected chi connectivity index (χ1v) is 9.92. The topological polar surface area (TPSA) is 52.7 Å². The maximum absolute atomic E-state index is 12.7. The van der Waals surface area contributed by atoms with Crippen molar-refractivity contribution in [1.82, 2.24) is 0 Å². The summed E-state index contributed by atoms with van der Waals surface area (Å²) in [5, 5.41) is 2.95. The van der Waals surface area contributed by atoms with E-state index in [1.165, 1.54) is 11.8 Å². The number of benzene rings is 2. The van der Waals surface area contributed by atoms with Gasteiger partial charge in [0.2, 0.25) is 11.8 Å². The number of aryl methyl sites for hydroxylation is 2. The lowest BCUT2D eigenvalue weighted by atomic mass is 10.1. The lowest BCUT2D eigenvalue weighted by Crippen LogP contribution is -2.37. The molecule has 1 N–H and O–H groups in total. The van der Waals surface area contributed by atoms with Crippen LogP contribution in [0.5, 0.6) is 0 Å². The molecule has 0 saturated heterocycles. The number of nitrogens with zero attached hydrogens (tertiary/aromatic N) is 2. The van der Waals surface area contributed by atoms with Crippen molar-refractivity contribution >= 4 is 28.9 Å². The van der Waals surface area contributed by atoms with Gasteiger partial charge in [-0.2, -0.15) is 0 Å². The van der Waals surface area contributed by atoms with Gasteiger partial charge in [-0.05, 0) is 62.6 Å². The fourth-order valence-electron chi connectivity index (χ4n) is 3.35. The molecule has 2 amide bonds. The molecule has 0 aliphatic heterocycles. The molecule has 0 heterocycles. The van der Waals surface area contributed by atoms with Crippen molar-refractivity contribution in [3.05, 3.63) is 53.6 Å². The molecule has 0 aliphatic carbocycles. The zero-order valence-electron chi connectivity index (χ0n) is 17.6. The number of anilines is 3. The number of amides is 2. The Labute approximate surface area is 168 Å². The van der Waals surface area contributed by atoms with Crippen molar-refractivity contribution in [2.24, 2.45) is 0 Å². The Balaban J connectivity index is 2.16. The third kappa shape index (κ3) is 5.12. The predicted octanol–water partition coefficient (Wildman–Crippen LogP) is 4.40. The summed E-state index contributed by atoms with van der Waals surface area (Å²) < 4.78 is 0. The standard InChI is InChI=1S/C23H31N3O2/c1-6-19-11-9-10-12-22(19)26(18(5)27)16-23(28)24-21-14-13-20(15-17(21)4)25(7-2)8-3/h9-15H,6-8,16H2,1-5H3,(H,24,28). The van der Waals surface area contributed by atoms with Crippen LogP contribution < -0.4 is 15.1 Å². The molecule has 0 atom stereocenters. The first kappa shape index (κ1) is 21.5. The summed E-state index contributed by atoms with van der Waals surface area (Å²) in [7, 11) is 0. The number of hydrogen-bond donors (Lipinski definition) is 1. The van der Waals surface area contributed by atoms with Gasteiger partial charge >= 0.3 is 0 Å². The van der Waals surface area contributed by atoms with E-state index in [9.17, 15) is 9.59 Å². The molecule has 0 unspecified atom stereocenters. The summed E-state index contributed by atoms with van der Waals surface area (Å²) in [6.45, 7) is 11.6. The van der Waals surface area contributed by atoms with E-state index >= 15 is 0 Å². The number of para-hydroxylation sites is 1. The molecule has 2 aromatic rings. The van der Waals surface area contributed by atoms with Crippen molar-refractivity contribution in [1.29, 1.82) is 0 Å². The molecule has 0 radical (unpaired) electrons. The lowest BCUT2D eigenvalue weighted by molar-refractivity contribution is -0.120. The van der Waals surface area contributed by atoms with E-state index in [4.69, 9.17) is 0 Å². The van der Waals surface area contributed by atoms with Gasteiger partial charge in [0.05, 0.1) is 0 Å². The molecule has 0 aromatic heterocycles. The number of nitrogens with one attached hydrogen (secondary N) is 1. The molecule has 28 heavy (non-hydrogen) atoms. The Hall–Kier alpha value is -2.82. The highest BCUT2D eigenvalue weighted by Gasteiger charge is 2.18. The molecule has 0 spiro atoms. The number of rotatable bonds is 8. The van der Waals surface area contributed by atoms with Crippen molar-refractivity contribution in [2.45, 2.75) is 41.0 Å². The molecule has 0 aliphatic rings. The van der Waals surface area contributed by atoms with Crippen molar-refractivity contribution in [3.8, 4) is 0 Å². The van der Waals surface area contributed by atoms with E-state index < -0.39 is 0 Å². The van der Waals surface area contributed by atoms with E-state index in [1.807, 2.05) is 50.2 Å². The van der Waals surface area contributed by atoms with Gasteiger partial charge in [-0.25, -0.2) is 0 Å². The Morgan fingerprint density at radius 2 is 1.68 bits per heavy atom. The molecule has 0 bridgehead atoms. The summed E-state index contributed by atoms with van der Waals surface area (Å²) in [6, 6.07) is 13.7. The first-order chi connectivity index (χ1) is 13.4. The van der Waals surface area contributed by atoms with Crippen LogP contribution in [-0.4, -0.2) is 31.4 Å². The average Bonchev–Trinajstić information content (AvgIpc) is 2.69. The number of hydrogen-bond acceptors (Lipinski definition) is 3. The molecule has 0 fully saturated rings. The Morgan fingerprint density at radius 1 is 1.00 bits per heavy atom. The van der Waals surface area contributed by atoms with Gasteiger partial charge < -0.3 is 15.1 Å². The number of carbonyl (C=O) groups excluding carboxylic acids is 2. The van der Waals surface area contributed by atoms with Crippen LogP contribution >= 0.6 is 0 Å². The summed E-state index contributed by atoms with van der Waals surface area (Å²) in [6.07, 6.45) is 0.799. The smallest absolute Gasteiger partial charge is 0.244 e. The van der Waals surface area contributed by atoms with Gasteiger partial charge in [0.25, 0.3) is 0 Å². The second-order valence-electron chi connectivity index (χ2n) is 6.81. The normalized spacial score (nSPS) is 10.5. The fraction of sp³-hybridized carbons (Fsp3) is 0.391. The summed E-state index contributed by atoms with van der Waals surface area (Å²) in [4.78, 5) is 28.7. The quantitative estimate of drug-likeness (QED) is 0.738. The number of carbonyl (C=O) groups is 2. The predicted molar refractivity (Wildman–Crippen MR) is 117 cm³/mol. The maximum Gasteiger partial charge on any atom is 0.244 e. The maximum atomic E-state index is 12.7. The molecule has 2 aromatic carbocycles. The van der Waals surface area contributed by atoms with Crippen LogP contribution in [0.3, 0.4) is 0 Å². The monoisotopic (exact) mass is 381 g/mol. The van der Waals surface area contributed by atoms with Crippen molar-refractivity contribution < 1.29 is 9.59 Å². The van der Waals surface area contributed by atoms with E-state index in [2.05, 4.69) is 30.1 Å². The molecule has 0 saturated carbocycles. The fourth-order valence-corrected chi connectivity index (χ4v) is 3.35. The minimum atomic E-state index is -0.209. The van der Waals surface area contributed by atoms with Crippen molar-refractivity contribution in [2.75, 3.05) is 34.8 Å². The van der Waals surface area contributed by atoms with Gasteiger partial charge in [-0.3, -0.25) is 9.59 Å². The minimum Gasteiger partial charge on any atom is -0.372 e. The van der Waals surface area contributed by atoms with Gasteiger partial charge in [0, 0.05) is 37.1 Å². The van der Waals surface area contributed by atoms with Crippen LogP contribution in [0.1, 0.15) is 38.8 Å². The third-order valence-corrected chi connectivity index (χ3v) is 4.96. The molecule has 5 nitrogen and oxygen atoms in total. The molecular weight excluding hydrogens is 350 g/mol. The summed E-state index contributed by atoms with van der Waals surface area (Å²) in [5.41, 5.74) is 4.75. The summed E-state index contributed by atoms with van der Waals surface area (Å²) >= 11 is 0. The van der Waals surface area contributed by atoms with Crippen molar-refractivity contribution in [3.63, 3.8) is 0 Å². The van der Waals surface area contributed by atoms with Gasteiger partial charge in [0.15, 0.2) is 0 Å². The average molecular weight is 382 g/mol. The second-order valence-corrected chi connectivity index (χ2v) is 6.81. The Kier molecular flexibility index (Phi) is 7.61. The first-order valence-electron chi connectivity index (χ1n) is 9.92. The molecular formula is C23H31N3O2. The molecule has 5 heteroatoms. The van der Waals surface area contributed by atoms with Crippen LogP contribution in [0.4, 0.5) is 17.1 Å². The third-order valence-electron chi connectivity index (χ3n) is 4.96. The van der Waals surface area contributed by atoms with E-state index in [0.717, 1.165) is 47.7 Å². The molecule has 150 valence electrons. The highest BCUT2D eigenvalue weighted by Crippen LogP contribution is 2.24. The van der Waals surface area contributed by atoms with Gasteiger partial charge in [-0.15, -0.1) is 0 Å².